The molecule has 0 spiro atoms. The highest BCUT2D eigenvalue weighted by molar-refractivity contribution is 9.10. The third-order valence-corrected chi connectivity index (χ3v) is 4.46. The first-order valence-electron chi connectivity index (χ1n) is 7.53. The van der Waals surface area contributed by atoms with Crippen molar-refractivity contribution < 1.29 is 9.18 Å². The molecule has 4 nitrogen and oxygen atoms in total. The molecular formula is C17H17BrFN3O. The number of nitrogens with one attached hydrogen (secondary N) is 1. The van der Waals surface area contributed by atoms with Crippen LogP contribution in [-0.2, 0) is 11.3 Å². The van der Waals surface area contributed by atoms with Gasteiger partial charge in [0, 0.05) is 12.1 Å². The van der Waals surface area contributed by atoms with Gasteiger partial charge < -0.3 is 5.32 Å². The molecule has 1 N–H and O–H groups in total. The van der Waals surface area contributed by atoms with Crippen molar-refractivity contribution in [3.05, 3.63) is 58.6 Å². The van der Waals surface area contributed by atoms with E-state index in [1.54, 1.807) is 30.5 Å². The summed E-state index contributed by atoms with van der Waals surface area (Å²) in [5, 5.41) is 2.88. The Bertz CT molecular complexity index is 692. The molecule has 0 saturated carbocycles. The van der Waals surface area contributed by atoms with Crippen LogP contribution in [0.2, 0.25) is 0 Å². The number of hydrogen-bond donors (Lipinski definition) is 1. The van der Waals surface area contributed by atoms with Crippen LogP contribution >= 0.6 is 15.9 Å². The highest BCUT2D eigenvalue weighted by atomic mass is 79.9. The van der Waals surface area contributed by atoms with E-state index in [1.165, 1.54) is 6.07 Å². The van der Waals surface area contributed by atoms with Crippen LogP contribution in [0.3, 0.4) is 0 Å². The van der Waals surface area contributed by atoms with Crippen molar-refractivity contribution in [2.45, 2.75) is 25.4 Å². The molecule has 1 aromatic heterocycles. The van der Waals surface area contributed by atoms with Gasteiger partial charge >= 0.3 is 0 Å². The molecular weight excluding hydrogens is 361 g/mol. The Morgan fingerprint density at radius 2 is 2.17 bits per heavy atom. The first-order chi connectivity index (χ1) is 11.1. The van der Waals surface area contributed by atoms with Crippen molar-refractivity contribution in [3.63, 3.8) is 0 Å². The van der Waals surface area contributed by atoms with Crippen molar-refractivity contribution in [3.8, 4) is 0 Å². The van der Waals surface area contributed by atoms with E-state index in [1.807, 2.05) is 11.0 Å². The maximum atomic E-state index is 13.8. The molecule has 120 valence electrons. The molecule has 3 rings (SSSR count). The fraction of sp³-hybridized carbons (Fsp3) is 0.294. The second-order valence-electron chi connectivity index (χ2n) is 5.58. The standard InChI is InChI=1S/C17H17BrFN3O/c18-16-8-7-13(10-20-16)21-17(23)15-6-3-9-22(15)11-12-4-1-2-5-14(12)19/h1-2,4-5,7-8,10,15H,3,6,9,11H2,(H,21,23). The van der Waals surface area contributed by atoms with Gasteiger partial charge in [-0.25, -0.2) is 9.37 Å². The number of likely N-dealkylation sites (tertiary alicyclic amines) is 1. The minimum absolute atomic E-state index is 0.0667. The van der Waals surface area contributed by atoms with E-state index in [0.717, 1.165) is 24.0 Å². The largest absolute Gasteiger partial charge is 0.323 e. The minimum atomic E-state index is -0.238. The Balaban J connectivity index is 1.67. The molecule has 1 atom stereocenters. The third kappa shape index (κ3) is 3.95. The maximum absolute atomic E-state index is 13.8. The summed E-state index contributed by atoms with van der Waals surface area (Å²) in [4.78, 5) is 18.6. The lowest BCUT2D eigenvalue weighted by atomic mass is 10.1. The SMILES string of the molecule is O=C(Nc1ccc(Br)nc1)C1CCCN1Cc1ccccc1F. The molecule has 0 bridgehead atoms. The molecule has 0 radical (unpaired) electrons. The number of carbonyl (C=O) groups excluding carboxylic acids is 1. The van der Waals surface area contributed by atoms with E-state index in [9.17, 15) is 9.18 Å². The summed E-state index contributed by atoms with van der Waals surface area (Å²) >= 11 is 3.26. The van der Waals surface area contributed by atoms with Crippen molar-refractivity contribution in [1.29, 1.82) is 0 Å². The lowest BCUT2D eigenvalue weighted by Crippen LogP contribution is -2.39. The molecule has 6 heteroatoms. The number of halogens is 2. The summed E-state index contributed by atoms with van der Waals surface area (Å²) in [6, 6.07) is 10.0. The van der Waals surface area contributed by atoms with E-state index in [-0.39, 0.29) is 17.8 Å². The molecule has 2 heterocycles. The normalized spacial score (nSPS) is 18.1. The van der Waals surface area contributed by atoms with E-state index in [4.69, 9.17) is 0 Å². The summed E-state index contributed by atoms with van der Waals surface area (Å²) in [7, 11) is 0. The molecule has 1 aromatic carbocycles. The van der Waals surface area contributed by atoms with Gasteiger partial charge in [0.1, 0.15) is 10.4 Å². The van der Waals surface area contributed by atoms with Crippen LogP contribution < -0.4 is 5.32 Å². The first-order valence-corrected chi connectivity index (χ1v) is 8.32. The number of nitrogens with zero attached hydrogens (tertiary/aromatic N) is 2. The zero-order chi connectivity index (χ0) is 16.2. The van der Waals surface area contributed by atoms with Gasteiger partial charge in [0.25, 0.3) is 0 Å². The zero-order valence-electron chi connectivity index (χ0n) is 12.5. The lowest BCUT2D eigenvalue weighted by molar-refractivity contribution is -0.120. The number of anilines is 1. The average molecular weight is 378 g/mol. The van der Waals surface area contributed by atoms with Crippen LogP contribution in [0.1, 0.15) is 18.4 Å². The number of benzene rings is 1. The van der Waals surface area contributed by atoms with E-state index >= 15 is 0 Å². The molecule has 1 saturated heterocycles. The Hall–Kier alpha value is -1.79. The average Bonchev–Trinajstić information content (AvgIpc) is 3.00. The van der Waals surface area contributed by atoms with Crippen molar-refractivity contribution >= 4 is 27.5 Å². The molecule has 0 aliphatic carbocycles. The third-order valence-electron chi connectivity index (χ3n) is 3.99. The summed E-state index contributed by atoms with van der Waals surface area (Å²) in [5.41, 5.74) is 1.29. The Morgan fingerprint density at radius 1 is 1.35 bits per heavy atom. The fourth-order valence-corrected chi connectivity index (χ4v) is 3.07. The maximum Gasteiger partial charge on any atom is 0.241 e. The van der Waals surface area contributed by atoms with E-state index < -0.39 is 0 Å². The van der Waals surface area contributed by atoms with Gasteiger partial charge in [0.2, 0.25) is 5.91 Å². The lowest BCUT2D eigenvalue weighted by Gasteiger charge is -2.23. The number of aromatic nitrogens is 1. The number of hydrogen-bond acceptors (Lipinski definition) is 3. The van der Waals surface area contributed by atoms with Crippen LogP contribution in [0.5, 0.6) is 0 Å². The number of rotatable bonds is 4. The Morgan fingerprint density at radius 3 is 2.91 bits per heavy atom. The van der Waals surface area contributed by atoms with Crippen molar-refractivity contribution in [1.82, 2.24) is 9.88 Å². The number of carbonyl (C=O) groups is 1. The van der Waals surface area contributed by atoms with Gasteiger partial charge in [0.15, 0.2) is 0 Å². The van der Waals surface area contributed by atoms with Crippen LogP contribution in [-0.4, -0.2) is 28.4 Å². The van der Waals surface area contributed by atoms with Gasteiger partial charge in [-0.05, 0) is 53.5 Å². The minimum Gasteiger partial charge on any atom is -0.323 e. The Labute approximate surface area is 142 Å². The van der Waals surface area contributed by atoms with Crippen molar-refractivity contribution in [2.24, 2.45) is 0 Å². The first kappa shape index (κ1) is 16.1. The predicted octanol–water partition coefficient (Wildman–Crippen LogP) is 3.59. The van der Waals surface area contributed by atoms with Gasteiger partial charge in [-0.2, -0.15) is 0 Å². The summed E-state index contributed by atoms with van der Waals surface area (Å²) in [5.74, 6) is -0.293. The molecule has 1 aliphatic heterocycles. The topological polar surface area (TPSA) is 45.2 Å². The van der Waals surface area contributed by atoms with Crippen LogP contribution in [0, 0.1) is 5.82 Å². The predicted molar refractivity (Wildman–Crippen MR) is 90.4 cm³/mol. The Kier molecular flexibility index (Phi) is 5.03. The highest BCUT2D eigenvalue weighted by Crippen LogP contribution is 2.22. The summed E-state index contributed by atoms with van der Waals surface area (Å²) < 4.78 is 14.5. The molecule has 23 heavy (non-hydrogen) atoms. The van der Waals surface area contributed by atoms with Gasteiger partial charge in [-0.1, -0.05) is 18.2 Å². The number of pyridine rings is 1. The van der Waals surface area contributed by atoms with Crippen LogP contribution in [0.25, 0.3) is 0 Å². The van der Waals surface area contributed by atoms with Crippen molar-refractivity contribution in [2.75, 3.05) is 11.9 Å². The fourth-order valence-electron chi connectivity index (χ4n) is 2.83. The zero-order valence-corrected chi connectivity index (χ0v) is 14.1. The quantitative estimate of drug-likeness (QED) is 0.828. The molecule has 1 aliphatic rings. The van der Waals surface area contributed by atoms with Crippen LogP contribution in [0.15, 0.2) is 47.2 Å². The highest BCUT2D eigenvalue weighted by Gasteiger charge is 2.31. The number of amides is 1. The van der Waals surface area contributed by atoms with Gasteiger partial charge in [-0.15, -0.1) is 0 Å². The summed E-state index contributed by atoms with van der Waals surface area (Å²) in [6.07, 6.45) is 3.33. The second-order valence-corrected chi connectivity index (χ2v) is 6.39. The van der Waals surface area contributed by atoms with Crippen LogP contribution in [0.4, 0.5) is 10.1 Å². The van der Waals surface area contributed by atoms with Gasteiger partial charge in [-0.3, -0.25) is 9.69 Å². The van der Waals surface area contributed by atoms with Gasteiger partial charge in [0.05, 0.1) is 17.9 Å². The molecule has 1 unspecified atom stereocenters. The summed E-state index contributed by atoms with van der Waals surface area (Å²) in [6.45, 7) is 1.24. The molecule has 2 aromatic rings. The van der Waals surface area contributed by atoms with E-state index in [0.29, 0.717) is 17.8 Å². The molecule has 1 fully saturated rings. The second kappa shape index (κ2) is 7.19. The molecule has 1 amide bonds. The monoisotopic (exact) mass is 377 g/mol. The van der Waals surface area contributed by atoms with E-state index in [2.05, 4.69) is 26.2 Å². The smallest absolute Gasteiger partial charge is 0.241 e.